The van der Waals surface area contributed by atoms with E-state index in [4.69, 9.17) is 14.6 Å². The third kappa shape index (κ3) is 4.75. The summed E-state index contributed by atoms with van der Waals surface area (Å²) in [6.07, 6.45) is -1.26. The van der Waals surface area contributed by atoms with Crippen LogP contribution in [-0.2, 0) is 14.3 Å². The van der Waals surface area contributed by atoms with Crippen LogP contribution < -0.4 is 0 Å². The fourth-order valence-corrected chi connectivity index (χ4v) is 0.620. The molecule has 0 heterocycles. The van der Waals surface area contributed by atoms with Crippen LogP contribution in [0, 0.1) is 0 Å². The van der Waals surface area contributed by atoms with E-state index >= 15 is 0 Å². The van der Waals surface area contributed by atoms with Gasteiger partial charge >= 0.3 is 5.97 Å². The molecule has 0 radical (unpaired) electrons. The Morgan fingerprint density at radius 1 is 1.55 bits per heavy atom. The lowest BCUT2D eigenvalue weighted by atomic mass is 10.4. The Kier molecular flexibility index (Phi) is 4.81. The molecular formula is C7H14O4. The minimum absolute atomic E-state index is 0.453. The van der Waals surface area contributed by atoms with Gasteiger partial charge in [0, 0.05) is 6.61 Å². The van der Waals surface area contributed by atoms with E-state index in [-0.39, 0.29) is 0 Å². The Bertz CT molecular complexity index is 124. The third-order valence-electron chi connectivity index (χ3n) is 1.14. The summed E-state index contributed by atoms with van der Waals surface area (Å²) in [5, 5.41) is 8.42. The molecule has 0 saturated carbocycles. The second kappa shape index (κ2) is 5.09. The van der Waals surface area contributed by atoms with Crippen molar-refractivity contribution in [2.24, 2.45) is 0 Å². The van der Waals surface area contributed by atoms with Crippen molar-refractivity contribution in [3.63, 3.8) is 0 Å². The molecule has 0 amide bonds. The minimum Gasteiger partial charge on any atom is -0.479 e. The standard InChI is InChI=1S/C7H14O4/c1-4-10-6(3)11-5(2)7(8)9/h5-6H,4H2,1-3H3,(H,8,9)/t5-,6?/m0/s1. The molecular weight excluding hydrogens is 148 g/mol. The predicted octanol–water partition coefficient (Wildman–Crippen LogP) is 0.859. The second-order valence-electron chi connectivity index (χ2n) is 2.14. The van der Waals surface area contributed by atoms with Gasteiger partial charge in [0.1, 0.15) is 0 Å². The molecule has 4 nitrogen and oxygen atoms in total. The van der Waals surface area contributed by atoms with Gasteiger partial charge in [-0.25, -0.2) is 4.79 Å². The van der Waals surface area contributed by atoms with E-state index in [1.807, 2.05) is 6.92 Å². The lowest BCUT2D eigenvalue weighted by molar-refractivity contribution is -0.179. The van der Waals surface area contributed by atoms with Gasteiger partial charge in [0.15, 0.2) is 12.4 Å². The summed E-state index contributed by atoms with van der Waals surface area (Å²) in [7, 11) is 0. The molecule has 66 valence electrons. The largest absolute Gasteiger partial charge is 0.479 e. The first-order valence-electron chi connectivity index (χ1n) is 3.57. The number of carboxylic acid groups (broad SMARTS) is 1. The molecule has 4 heteroatoms. The van der Waals surface area contributed by atoms with Gasteiger partial charge in [-0.05, 0) is 20.8 Å². The lowest BCUT2D eigenvalue weighted by Gasteiger charge is -2.15. The van der Waals surface area contributed by atoms with E-state index in [1.165, 1.54) is 6.92 Å². The molecule has 0 aliphatic rings. The van der Waals surface area contributed by atoms with E-state index in [1.54, 1.807) is 6.92 Å². The monoisotopic (exact) mass is 162 g/mol. The van der Waals surface area contributed by atoms with Crippen LogP contribution in [0.5, 0.6) is 0 Å². The minimum atomic E-state index is -0.975. The van der Waals surface area contributed by atoms with Crippen LogP contribution in [0.2, 0.25) is 0 Å². The van der Waals surface area contributed by atoms with Crippen molar-refractivity contribution in [1.29, 1.82) is 0 Å². The zero-order chi connectivity index (χ0) is 8.85. The maximum absolute atomic E-state index is 10.3. The van der Waals surface area contributed by atoms with Crippen molar-refractivity contribution in [2.75, 3.05) is 6.61 Å². The highest BCUT2D eigenvalue weighted by molar-refractivity contribution is 5.71. The van der Waals surface area contributed by atoms with Gasteiger partial charge in [-0.15, -0.1) is 0 Å². The fourth-order valence-electron chi connectivity index (χ4n) is 0.620. The molecule has 0 fully saturated rings. The molecule has 0 rings (SSSR count). The second-order valence-corrected chi connectivity index (χ2v) is 2.14. The maximum atomic E-state index is 10.3. The topological polar surface area (TPSA) is 55.8 Å². The summed E-state index contributed by atoms with van der Waals surface area (Å²) in [4.78, 5) is 10.3. The maximum Gasteiger partial charge on any atom is 0.332 e. The fraction of sp³-hybridized carbons (Fsp3) is 0.857. The van der Waals surface area contributed by atoms with E-state index in [0.29, 0.717) is 6.61 Å². The van der Waals surface area contributed by atoms with E-state index < -0.39 is 18.4 Å². The molecule has 0 bridgehead atoms. The van der Waals surface area contributed by atoms with Crippen molar-refractivity contribution >= 4 is 5.97 Å². The molecule has 2 atom stereocenters. The molecule has 0 aliphatic carbocycles. The first kappa shape index (κ1) is 10.4. The van der Waals surface area contributed by atoms with Gasteiger partial charge in [0.25, 0.3) is 0 Å². The summed E-state index contributed by atoms with van der Waals surface area (Å²) in [5.41, 5.74) is 0. The molecule has 0 spiro atoms. The van der Waals surface area contributed by atoms with E-state index in [2.05, 4.69) is 0 Å². The number of rotatable bonds is 5. The highest BCUT2D eigenvalue weighted by Gasteiger charge is 2.14. The lowest BCUT2D eigenvalue weighted by Crippen LogP contribution is -2.26. The molecule has 0 aliphatic heterocycles. The summed E-state index contributed by atoms with van der Waals surface area (Å²) < 4.78 is 9.91. The Balaban J connectivity index is 3.56. The number of carboxylic acids is 1. The molecule has 0 aromatic rings. The Labute approximate surface area is 66.1 Å². The predicted molar refractivity (Wildman–Crippen MR) is 39.3 cm³/mol. The first-order valence-corrected chi connectivity index (χ1v) is 3.57. The Hall–Kier alpha value is -0.610. The van der Waals surface area contributed by atoms with Crippen molar-refractivity contribution < 1.29 is 19.4 Å². The van der Waals surface area contributed by atoms with Gasteiger partial charge in [0.2, 0.25) is 0 Å². The smallest absolute Gasteiger partial charge is 0.332 e. The van der Waals surface area contributed by atoms with E-state index in [9.17, 15) is 4.79 Å². The zero-order valence-corrected chi connectivity index (χ0v) is 7.03. The van der Waals surface area contributed by atoms with Gasteiger partial charge < -0.3 is 14.6 Å². The highest BCUT2D eigenvalue weighted by Crippen LogP contribution is 1.99. The van der Waals surface area contributed by atoms with Crippen LogP contribution in [0.1, 0.15) is 20.8 Å². The normalized spacial score (nSPS) is 15.9. The summed E-state index contributed by atoms with van der Waals surface area (Å²) in [6.45, 7) is 5.49. The SMILES string of the molecule is CCOC(C)O[C@@H](C)C(=O)O. The number of aliphatic carboxylic acids is 1. The molecule has 11 heavy (non-hydrogen) atoms. The zero-order valence-electron chi connectivity index (χ0n) is 7.03. The summed E-state index contributed by atoms with van der Waals surface area (Å²) in [5.74, 6) is -0.975. The molecule has 1 N–H and O–H groups in total. The molecule has 1 unspecified atom stereocenters. The van der Waals surface area contributed by atoms with Crippen molar-refractivity contribution in [3.05, 3.63) is 0 Å². The molecule has 0 aromatic carbocycles. The van der Waals surface area contributed by atoms with Gasteiger partial charge in [-0.2, -0.15) is 0 Å². The third-order valence-corrected chi connectivity index (χ3v) is 1.14. The van der Waals surface area contributed by atoms with E-state index in [0.717, 1.165) is 0 Å². The van der Waals surface area contributed by atoms with Crippen molar-refractivity contribution in [3.8, 4) is 0 Å². The summed E-state index contributed by atoms with van der Waals surface area (Å²) >= 11 is 0. The number of ether oxygens (including phenoxy) is 2. The van der Waals surface area contributed by atoms with Gasteiger partial charge in [-0.3, -0.25) is 0 Å². The van der Waals surface area contributed by atoms with Gasteiger partial charge in [0.05, 0.1) is 0 Å². The van der Waals surface area contributed by atoms with Crippen LogP contribution in [-0.4, -0.2) is 30.1 Å². The number of hydrogen-bond acceptors (Lipinski definition) is 3. The van der Waals surface area contributed by atoms with Crippen LogP contribution in [0.15, 0.2) is 0 Å². The van der Waals surface area contributed by atoms with Crippen molar-refractivity contribution in [1.82, 2.24) is 0 Å². The van der Waals surface area contributed by atoms with Crippen LogP contribution in [0.4, 0.5) is 0 Å². The number of carbonyl (C=O) groups is 1. The molecule has 0 saturated heterocycles. The average molecular weight is 162 g/mol. The highest BCUT2D eigenvalue weighted by atomic mass is 16.7. The molecule has 0 aromatic heterocycles. The van der Waals surface area contributed by atoms with Crippen LogP contribution in [0.25, 0.3) is 0 Å². The summed E-state index contributed by atoms with van der Waals surface area (Å²) in [6, 6.07) is 0. The van der Waals surface area contributed by atoms with Gasteiger partial charge in [-0.1, -0.05) is 0 Å². The quantitative estimate of drug-likeness (QED) is 0.609. The average Bonchev–Trinajstić information content (AvgIpc) is 1.87. The Morgan fingerprint density at radius 2 is 2.09 bits per heavy atom. The first-order chi connectivity index (χ1) is 5.07. The number of hydrogen-bond donors (Lipinski definition) is 1. The van der Waals surface area contributed by atoms with Crippen molar-refractivity contribution in [2.45, 2.75) is 33.2 Å². The Morgan fingerprint density at radius 3 is 2.45 bits per heavy atom. The van der Waals surface area contributed by atoms with Crippen LogP contribution >= 0.6 is 0 Å². The van der Waals surface area contributed by atoms with Crippen LogP contribution in [0.3, 0.4) is 0 Å².